The molecule has 0 saturated carbocycles. The number of rotatable bonds is 10. The maximum absolute atomic E-state index is 12.3. The summed E-state index contributed by atoms with van der Waals surface area (Å²) < 4.78 is 58.8. The Morgan fingerprint density at radius 2 is 1.42 bits per heavy atom. The molecule has 0 aliphatic rings. The third-order valence-electron chi connectivity index (χ3n) is 4.09. The number of hydrogen-bond donors (Lipinski definition) is 0. The van der Waals surface area contributed by atoms with Gasteiger partial charge in [0.2, 0.25) is 0 Å². The van der Waals surface area contributed by atoms with Gasteiger partial charge in [-0.2, -0.15) is 0 Å². The van der Waals surface area contributed by atoms with E-state index < -0.39 is 46.0 Å². The summed E-state index contributed by atoms with van der Waals surface area (Å²) >= 11 is 0. The molecule has 0 aromatic heterocycles. The summed E-state index contributed by atoms with van der Waals surface area (Å²) in [6, 6.07) is 7.43. The summed E-state index contributed by atoms with van der Waals surface area (Å²) in [4.78, 5) is 20.8. The largest absolute Gasteiger partial charge is 0.497 e. The first-order valence-corrected chi connectivity index (χ1v) is 12.3. The number of sulfone groups is 2. The average molecular weight is 498 g/mol. The van der Waals surface area contributed by atoms with Crippen molar-refractivity contribution in [1.82, 2.24) is 0 Å². The van der Waals surface area contributed by atoms with Crippen molar-refractivity contribution in [3.05, 3.63) is 78.6 Å². The molecule has 14 heteroatoms. The molecule has 2 rings (SSSR count). The van der Waals surface area contributed by atoms with Gasteiger partial charge in [-0.3, -0.25) is 20.2 Å². The fraction of sp³-hybridized carbons (Fsp3) is 0.158. The highest BCUT2D eigenvalue weighted by molar-refractivity contribution is 8.10. The van der Waals surface area contributed by atoms with Gasteiger partial charge in [-0.15, -0.1) is 0 Å². The van der Waals surface area contributed by atoms with Crippen LogP contribution in [-0.4, -0.2) is 46.0 Å². The Bertz CT molecular complexity index is 1350. The molecule has 0 N–H and O–H groups in total. The van der Waals surface area contributed by atoms with E-state index >= 15 is 0 Å². The van der Waals surface area contributed by atoms with E-state index in [1.165, 1.54) is 38.5 Å². The van der Waals surface area contributed by atoms with E-state index in [2.05, 4.69) is 0 Å². The quantitative estimate of drug-likeness (QED) is 0.350. The molecule has 0 heterocycles. The van der Waals surface area contributed by atoms with Gasteiger partial charge < -0.3 is 9.47 Å². The van der Waals surface area contributed by atoms with Crippen LogP contribution in [0.25, 0.3) is 12.2 Å². The standard InChI is InChI=1S/C19H18N2O10S2/c1-30-16-5-4-15(17(12-16)20(22)23)8-10-33(28,29)13-32(26,27)9-7-14-3-6-19(31-2)18(11-14)21(24)25/h3-12H,13H2,1-2H3/b9-7?,10-8-. The predicted molar refractivity (Wildman–Crippen MR) is 120 cm³/mol. The summed E-state index contributed by atoms with van der Waals surface area (Å²) in [5, 5.41) is 22.1. The molecule has 12 nitrogen and oxygen atoms in total. The van der Waals surface area contributed by atoms with Gasteiger partial charge in [-0.25, -0.2) is 16.8 Å². The highest BCUT2D eigenvalue weighted by Crippen LogP contribution is 2.28. The Balaban J connectivity index is 2.25. The molecule has 0 unspecified atom stereocenters. The zero-order valence-electron chi connectivity index (χ0n) is 17.3. The fourth-order valence-electron chi connectivity index (χ4n) is 2.57. The number of nitro benzene ring substituents is 2. The maximum Gasteiger partial charge on any atom is 0.311 e. The van der Waals surface area contributed by atoms with Crippen molar-refractivity contribution in [2.75, 3.05) is 19.3 Å². The van der Waals surface area contributed by atoms with Crippen LogP contribution in [0.1, 0.15) is 11.1 Å². The minimum atomic E-state index is -4.33. The highest BCUT2D eigenvalue weighted by Gasteiger charge is 2.20. The smallest absolute Gasteiger partial charge is 0.311 e. The topological polar surface area (TPSA) is 173 Å². The van der Waals surface area contributed by atoms with Gasteiger partial charge >= 0.3 is 5.69 Å². The second kappa shape index (κ2) is 10.2. The summed E-state index contributed by atoms with van der Waals surface area (Å²) in [5.74, 6) is 0.161. The first-order valence-electron chi connectivity index (χ1n) is 8.84. The lowest BCUT2D eigenvalue weighted by Gasteiger charge is -2.03. The van der Waals surface area contributed by atoms with Gasteiger partial charge in [0.05, 0.1) is 35.7 Å². The zero-order chi connectivity index (χ0) is 24.8. The first-order chi connectivity index (χ1) is 15.4. The predicted octanol–water partition coefficient (Wildman–Crippen LogP) is 2.95. The first kappa shape index (κ1) is 25.5. The number of benzene rings is 2. The van der Waals surface area contributed by atoms with Crippen molar-refractivity contribution in [3.63, 3.8) is 0 Å². The number of methoxy groups -OCH3 is 2. The third-order valence-corrected chi connectivity index (χ3v) is 7.81. The van der Waals surface area contributed by atoms with Crippen LogP contribution in [0, 0.1) is 20.2 Å². The molecule has 176 valence electrons. The summed E-state index contributed by atoms with van der Waals surface area (Å²) in [6.45, 7) is 0. The Morgan fingerprint density at radius 1 is 0.818 bits per heavy atom. The van der Waals surface area contributed by atoms with Crippen LogP contribution in [0.5, 0.6) is 11.5 Å². The lowest BCUT2D eigenvalue weighted by Crippen LogP contribution is -2.11. The van der Waals surface area contributed by atoms with Gasteiger partial charge in [-0.05, 0) is 35.9 Å². The van der Waals surface area contributed by atoms with Crippen LogP contribution in [-0.2, 0) is 19.7 Å². The van der Waals surface area contributed by atoms with Crippen molar-refractivity contribution < 1.29 is 36.2 Å². The summed E-state index contributed by atoms with van der Waals surface area (Å²) in [6.07, 6.45) is 1.92. The van der Waals surface area contributed by atoms with Crippen molar-refractivity contribution in [2.45, 2.75) is 0 Å². The monoisotopic (exact) mass is 498 g/mol. The summed E-state index contributed by atoms with van der Waals surface area (Å²) in [5.41, 5.74) is -0.755. The van der Waals surface area contributed by atoms with E-state index in [9.17, 15) is 37.1 Å². The van der Waals surface area contributed by atoms with Crippen molar-refractivity contribution in [1.29, 1.82) is 0 Å². The molecule has 33 heavy (non-hydrogen) atoms. The number of hydrogen-bond acceptors (Lipinski definition) is 10. The molecule has 0 radical (unpaired) electrons. The molecular formula is C19H18N2O10S2. The van der Waals surface area contributed by atoms with E-state index in [4.69, 9.17) is 9.47 Å². The SMILES string of the molecule is COc1ccc(/C=C\S(=O)(=O)CS(=O)(=O)C=Cc2ccc(OC)c([N+](=O)[O-])c2)c([N+](=O)[O-])c1. The van der Waals surface area contributed by atoms with Crippen molar-refractivity contribution >= 4 is 43.2 Å². The van der Waals surface area contributed by atoms with Crippen LogP contribution in [0.4, 0.5) is 11.4 Å². The number of nitrogens with zero attached hydrogens (tertiary/aromatic N) is 2. The highest BCUT2D eigenvalue weighted by atomic mass is 32.3. The van der Waals surface area contributed by atoms with E-state index in [0.29, 0.717) is 10.8 Å². The Hall–Kier alpha value is -3.78. The molecule has 2 aromatic carbocycles. The minimum Gasteiger partial charge on any atom is -0.497 e. The number of nitro groups is 2. The van der Waals surface area contributed by atoms with Crippen LogP contribution >= 0.6 is 0 Å². The molecule has 2 aromatic rings. The van der Waals surface area contributed by atoms with Crippen molar-refractivity contribution in [2.24, 2.45) is 0 Å². The van der Waals surface area contributed by atoms with E-state index in [-0.39, 0.29) is 22.6 Å². The summed E-state index contributed by atoms with van der Waals surface area (Å²) in [7, 11) is -6.09. The second-order valence-corrected chi connectivity index (χ2v) is 10.6. The van der Waals surface area contributed by atoms with Gasteiger partial charge in [0.1, 0.15) is 5.75 Å². The second-order valence-electron chi connectivity index (χ2n) is 6.42. The zero-order valence-corrected chi connectivity index (χ0v) is 18.9. The molecule has 0 aliphatic heterocycles. The van der Waals surface area contributed by atoms with Crippen LogP contribution < -0.4 is 9.47 Å². The van der Waals surface area contributed by atoms with Crippen LogP contribution in [0.15, 0.2) is 47.2 Å². The van der Waals surface area contributed by atoms with Gasteiger partial charge in [0, 0.05) is 16.9 Å². The van der Waals surface area contributed by atoms with Gasteiger partial charge in [0.15, 0.2) is 30.5 Å². The van der Waals surface area contributed by atoms with E-state index in [1.807, 2.05) is 0 Å². The maximum atomic E-state index is 12.3. The normalized spacial score (nSPS) is 12.2. The molecule has 0 bridgehead atoms. The van der Waals surface area contributed by atoms with E-state index in [0.717, 1.165) is 24.3 Å². The van der Waals surface area contributed by atoms with Crippen LogP contribution in [0.2, 0.25) is 0 Å². The van der Waals surface area contributed by atoms with E-state index in [1.54, 1.807) is 0 Å². The molecule has 0 aliphatic carbocycles. The molecule has 0 atom stereocenters. The Morgan fingerprint density at radius 3 is 1.97 bits per heavy atom. The average Bonchev–Trinajstić information content (AvgIpc) is 2.75. The molecule has 0 saturated heterocycles. The number of ether oxygens (including phenoxy) is 2. The third kappa shape index (κ3) is 7.11. The minimum absolute atomic E-state index is 0.0275. The molecule has 0 fully saturated rings. The van der Waals surface area contributed by atoms with Gasteiger partial charge in [0.25, 0.3) is 5.69 Å². The van der Waals surface area contributed by atoms with Crippen LogP contribution in [0.3, 0.4) is 0 Å². The lowest BCUT2D eigenvalue weighted by atomic mass is 10.2. The molecule has 0 spiro atoms. The van der Waals surface area contributed by atoms with Gasteiger partial charge in [-0.1, -0.05) is 6.07 Å². The lowest BCUT2D eigenvalue weighted by molar-refractivity contribution is -0.385. The molecular weight excluding hydrogens is 480 g/mol. The Kier molecular flexibility index (Phi) is 7.90. The molecule has 0 amide bonds. The Labute approximate surface area is 188 Å². The fourth-order valence-corrected chi connectivity index (χ4v) is 5.75. The van der Waals surface area contributed by atoms with Crippen molar-refractivity contribution in [3.8, 4) is 11.5 Å².